The fourth-order valence-corrected chi connectivity index (χ4v) is 5.63. The highest BCUT2D eigenvalue weighted by molar-refractivity contribution is 7.99. The number of thioether (sulfide) groups is 1. The molecular weight excluding hydrogens is 351 g/mol. The van der Waals surface area contributed by atoms with E-state index in [0.717, 1.165) is 18.4 Å². The molecule has 1 aromatic carbocycles. The average Bonchev–Trinajstić information content (AvgIpc) is 2.93. The van der Waals surface area contributed by atoms with Gasteiger partial charge in [-0.05, 0) is 43.5 Å². The number of ketones is 1. The van der Waals surface area contributed by atoms with Crippen molar-refractivity contribution in [2.75, 3.05) is 5.75 Å². The summed E-state index contributed by atoms with van der Waals surface area (Å²) in [5.74, 6) is -0.213. The molecule has 0 radical (unpaired) electrons. The van der Waals surface area contributed by atoms with E-state index in [9.17, 15) is 14.0 Å². The number of allylic oxidation sites excluding steroid dienone is 3. The maximum Gasteiger partial charge on any atom is 0.310 e. The molecule has 4 rings (SSSR count). The van der Waals surface area contributed by atoms with Crippen LogP contribution < -0.4 is 0 Å². The molecule has 1 aromatic rings. The molecule has 0 N–H and O–H groups in total. The average molecular weight is 372 g/mol. The normalized spacial score (nSPS) is 33.1. The number of carbonyl (C=O) groups is 2. The summed E-state index contributed by atoms with van der Waals surface area (Å²) in [6.07, 6.45) is 5.03. The molecule has 2 fully saturated rings. The van der Waals surface area contributed by atoms with Gasteiger partial charge in [-0.2, -0.15) is 0 Å². The van der Waals surface area contributed by atoms with Gasteiger partial charge in [0.05, 0.1) is 5.92 Å². The molecule has 2 aliphatic carbocycles. The zero-order chi connectivity index (χ0) is 18.5. The van der Waals surface area contributed by atoms with E-state index in [1.807, 2.05) is 13.0 Å². The molecule has 4 atom stereocenters. The van der Waals surface area contributed by atoms with E-state index in [-0.39, 0.29) is 40.9 Å². The highest BCUT2D eigenvalue weighted by Crippen LogP contribution is 2.53. The van der Waals surface area contributed by atoms with Gasteiger partial charge < -0.3 is 4.74 Å². The molecule has 0 spiro atoms. The lowest BCUT2D eigenvalue weighted by Gasteiger charge is -2.43. The zero-order valence-corrected chi connectivity index (χ0v) is 15.6. The van der Waals surface area contributed by atoms with E-state index >= 15 is 0 Å². The van der Waals surface area contributed by atoms with Crippen LogP contribution in [0.5, 0.6) is 0 Å². The van der Waals surface area contributed by atoms with Gasteiger partial charge in [-0.1, -0.05) is 25.1 Å². The van der Waals surface area contributed by atoms with Crippen molar-refractivity contribution >= 4 is 23.5 Å². The fourth-order valence-electron chi connectivity index (χ4n) is 4.50. The molecule has 1 saturated heterocycles. The standard InChI is InChI=1S/C21H21FO3S/c1-12-16(23)8-10-21(2)9-7-13-14(20(24)25-19(13)18(12)21)11-26-17-6-4-3-5-15(17)22/h3-6,8,10,13-14,19H,7,9,11H2,1-2H3/t13-,14-,19-,21-/m0/s1. The molecule has 0 aromatic heterocycles. The maximum absolute atomic E-state index is 13.9. The summed E-state index contributed by atoms with van der Waals surface area (Å²) >= 11 is 1.36. The molecule has 0 bridgehead atoms. The second-order valence-corrected chi connectivity index (χ2v) is 8.62. The Kier molecular flexibility index (Phi) is 4.30. The number of ether oxygens (including phenoxy) is 1. The lowest BCUT2D eigenvalue weighted by Crippen LogP contribution is -2.40. The van der Waals surface area contributed by atoms with Crippen molar-refractivity contribution < 1.29 is 18.7 Å². The van der Waals surface area contributed by atoms with Crippen LogP contribution in [0.2, 0.25) is 0 Å². The van der Waals surface area contributed by atoms with E-state index in [4.69, 9.17) is 4.74 Å². The van der Waals surface area contributed by atoms with Crippen molar-refractivity contribution in [3.05, 3.63) is 53.4 Å². The Morgan fingerprint density at radius 3 is 2.85 bits per heavy atom. The van der Waals surface area contributed by atoms with Crippen LogP contribution in [-0.4, -0.2) is 23.6 Å². The number of hydrogen-bond acceptors (Lipinski definition) is 4. The second-order valence-electron chi connectivity index (χ2n) is 7.56. The molecule has 0 amide bonds. The van der Waals surface area contributed by atoms with E-state index in [2.05, 4.69) is 6.92 Å². The van der Waals surface area contributed by atoms with Crippen molar-refractivity contribution in [3.8, 4) is 0 Å². The van der Waals surface area contributed by atoms with Crippen molar-refractivity contribution in [3.63, 3.8) is 0 Å². The second kappa shape index (κ2) is 6.38. The highest BCUT2D eigenvalue weighted by atomic mass is 32.2. The van der Waals surface area contributed by atoms with Gasteiger partial charge in [0.1, 0.15) is 11.9 Å². The molecule has 0 unspecified atom stereocenters. The lowest BCUT2D eigenvalue weighted by atomic mass is 9.62. The summed E-state index contributed by atoms with van der Waals surface area (Å²) in [6.45, 7) is 3.94. The van der Waals surface area contributed by atoms with Gasteiger partial charge in [0.2, 0.25) is 0 Å². The Bertz CT molecular complexity index is 843. The predicted octanol–water partition coefficient (Wildman–Crippen LogP) is 4.33. The van der Waals surface area contributed by atoms with Crippen molar-refractivity contribution in [1.29, 1.82) is 0 Å². The Morgan fingerprint density at radius 1 is 1.31 bits per heavy atom. The number of fused-ring (bicyclic) bond motifs is 3. The summed E-state index contributed by atoms with van der Waals surface area (Å²) in [4.78, 5) is 25.3. The molecule has 1 heterocycles. The molecule has 3 aliphatic rings. The number of esters is 1. The van der Waals surface area contributed by atoms with Crippen molar-refractivity contribution in [2.45, 2.75) is 37.7 Å². The quantitative estimate of drug-likeness (QED) is 0.585. The van der Waals surface area contributed by atoms with Crippen LogP contribution >= 0.6 is 11.8 Å². The van der Waals surface area contributed by atoms with Gasteiger partial charge in [-0.3, -0.25) is 9.59 Å². The Balaban J connectivity index is 1.58. The first-order chi connectivity index (χ1) is 12.4. The lowest BCUT2D eigenvalue weighted by molar-refractivity contribution is -0.143. The third kappa shape index (κ3) is 2.73. The molecule has 136 valence electrons. The summed E-state index contributed by atoms with van der Waals surface area (Å²) < 4.78 is 19.6. The third-order valence-electron chi connectivity index (χ3n) is 5.98. The third-order valence-corrected chi connectivity index (χ3v) is 7.15. The number of halogens is 1. The van der Waals surface area contributed by atoms with Crippen LogP contribution in [0.3, 0.4) is 0 Å². The van der Waals surface area contributed by atoms with Crippen LogP contribution in [-0.2, 0) is 14.3 Å². The molecule has 26 heavy (non-hydrogen) atoms. The molecule has 3 nitrogen and oxygen atoms in total. The number of carbonyl (C=O) groups excluding carboxylic acids is 2. The Hall–Kier alpha value is -1.88. The van der Waals surface area contributed by atoms with E-state index in [1.165, 1.54) is 17.8 Å². The highest BCUT2D eigenvalue weighted by Gasteiger charge is 2.54. The van der Waals surface area contributed by atoms with E-state index < -0.39 is 0 Å². The van der Waals surface area contributed by atoms with Gasteiger partial charge in [0, 0.05) is 27.6 Å². The summed E-state index contributed by atoms with van der Waals surface area (Å²) in [6, 6.07) is 6.61. The van der Waals surface area contributed by atoms with Crippen LogP contribution in [0.4, 0.5) is 4.39 Å². The van der Waals surface area contributed by atoms with Gasteiger partial charge in [-0.25, -0.2) is 4.39 Å². The van der Waals surface area contributed by atoms with Gasteiger partial charge in [0.15, 0.2) is 5.78 Å². The SMILES string of the molecule is CC1=C2[C@H]3OC(=O)[C@@H](CSc4ccccc4F)[C@@H]3CC[C@@]2(C)C=CC1=O. The van der Waals surface area contributed by atoms with Crippen LogP contribution in [0.25, 0.3) is 0 Å². The fraction of sp³-hybridized carbons (Fsp3) is 0.429. The predicted molar refractivity (Wildman–Crippen MR) is 98.2 cm³/mol. The number of benzene rings is 1. The molecule has 1 saturated carbocycles. The van der Waals surface area contributed by atoms with Gasteiger partial charge in [0.25, 0.3) is 0 Å². The summed E-state index contributed by atoms with van der Waals surface area (Å²) in [5, 5.41) is 0. The van der Waals surface area contributed by atoms with Crippen molar-refractivity contribution in [1.82, 2.24) is 0 Å². The first kappa shape index (κ1) is 17.5. The molecular formula is C21H21FO3S. The molecule has 1 aliphatic heterocycles. The monoisotopic (exact) mass is 372 g/mol. The minimum Gasteiger partial charge on any atom is -0.457 e. The summed E-state index contributed by atoms with van der Waals surface area (Å²) in [7, 11) is 0. The van der Waals surface area contributed by atoms with Crippen molar-refractivity contribution in [2.24, 2.45) is 17.3 Å². The van der Waals surface area contributed by atoms with Gasteiger partial charge in [-0.15, -0.1) is 11.8 Å². The Morgan fingerprint density at radius 2 is 2.08 bits per heavy atom. The minimum absolute atomic E-state index is 0.00152. The van der Waals surface area contributed by atoms with Crippen LogP contribution in [0.1, 0.15) is 26.7 Å². The first-order valence-corrected chi connectivity index (χ1v) is 9.92. The summed E-state index contributed by atoms with van der Waals surface area (Å²) in [5.41, 5.74) is 1.46. The number of rotatable bonds is 3. The largest absolute Gasteiger partial charge is 0.457 e. The van der Waals surface area contributed by atoms with E-state index in [1.54, 1.807) is 24.3 Å². The van der Waals surface area contributed by atoms with Crippen LogP contribution in [0, 0.1) is 23.1 Å². The maximum atomic E-state index is 13.9. The smallest absolute Gasteiger partial charge is 0.310 e. The first-order valence-electron chi connectivity index (χ1n) is 8.93. The number of hydrogen-bond donors (Lipinski definition) is 0. The Labute approximate surface area is 156 Å². The van der Waals surface area contributed by atoms with E-state index in [0.29, 0.717) is 16.2 Å². The van der Waals surface area contributed by atoms with Gasteiger partial charge >= 0.3 is 5.97 Å². The van der Waals surface area contributed by atoms with Crippen LogP contribution in [0.15, 0.2) is 52.5 Å². The zero-order valence-electron chi connectivity index (χ0n) is 14.8. The topological polar surface area (TPSA) is 43.4 Å². The minimum atomic E-state index is -0.332. The molecule has 5 heteroatoms.